The number of fused-ring (bicyclic) bond motifs is 2. The lowest BCUT2D eigenvalue weighted by Gasteiger charge is -2.13. The molecule has 3 aromatic carbocycles. The van der Waals surface area contributed by atoms with Gasteiger partial charge in [0.05, 0.1) is 36.0 Å². The molecule has 6 nitrogen and oxygen atoms in total. The average molecular weight is 547 g/mol. The molecular weight excluding hydrogens is 510 g/mol. The van der Waals surface area contributed by atoms with Gasteiger partial charge in [-0.2, -0.15) is 0 Å². The minimum Gasteiger partial charge on any atom is -0.493 e. The topological polar surface area (TPSA) is 49.7 Å². The van der Waals surface area contributed by atoms with Gasteiger partial charge in [0.1, 0.15) is 23.1 Å². The van der Waals surface area contributed by atoms with Gasteiger partial charge in [-0.15, -0.1) is 0 Å². The van der Waals surface area contributed by atoms with Crippen LogP contribution in [0.2, 0.25) is 0 Å². The summed E-state index contributed by atoms with van der Waals surface area (Å²) in [5, 5.41) is 0. The van der Waals surface area contributed by atoms with Crippen molar-refractivity contribution in [2.75, 3.05) is 54.5 Å². The molecule has 2 heterocycles. The minimum atomic E-state index is -0.349. The number of halogens is 2. The van der Waals surface area contributed by atoms with E-state index in [0.29, 0.717) is 48.9 Å². The number of hydrogen-bond acceptors (Lipinski definition) is 6. The number of ether oxygens (including phenoxy) is 2. The van der Waals surface area contributed by atoms with Gasteiger partial charge in [0.25, 0.3) is 0 Å². The Hall–Kier alpha value is -3.62. The van der Waals surface area contributed by atoms with Crippen molar-refractivity contribution in [1.82, 2.24) is 9.80 Å². The van der Waals surface area contributed by atoms with Crippen molar-refractivity contribution in [3.8, 4) is 11.5 Å². The molecule has 0 saturated carbocycles. The zero-order valence-electron chi connectivity index (χ0n) is 23.6. The quantitative estimate of drug-likeness (QED) is 0.262. The fraction of sp³-hybridized carbons (Fsp3) is 0.375. The van der Waals surface area contributed by atoms with E-state index < -0.39 is 0 Å². The van der Waals surface area contributed by atoms with Crippen LogP contribution in [0.3, 0.4) is 0 Å². The largest absolute Gasteiger partial charge is 0.493 e. The summed E-state index contributed by atoms with van der Waals surface area (Å²) in [6.45, 7) is 2.86. The summed E-state index contributed by atoms with van der Waals surface area (Å²) < 4.78 is 40.5. The Morgan fingerprint density at radius 1 is 0.650 bits per heavy atom. The monoisotopic (exact) mass is 546 g/mol. The SMILES string of the molecule is CN(C)CCCOc1cc(F)cc2c1CC(c1ccc(C3=Nc4cc(F)cc(OCCCN(C)C)c4C3)cc1)=N2. The predicted molar refractivity (Wildman–Crippen MR) is 156 cm³/mol. The van der Waals surface area contributed by atoms with Gasteiger partial charge in [-0.3, -0.25) is 9.98 Å². The van der Waals surface area contributed by atoms with E-state index in [1.54, 1.807) is 0 Å². The maximum Gasteiger partial charge on any atom is 0.129 e. The van der Waals surface area contributed by atoms with E-state index in [-0.39, 0.29) is 11.6 Å². The first kappa shape index (κ1) is 27.9. The molecule has 0 saturated heterocycles. The molecule has 2 aliphatic heterocycles. The molecule has 8 heteroatoms. The third-order valence-electron chi connectivity index (χ3n) is 7.07. The standard InChI is InChI=1S/C32H36F2N4O2/c1-37(2)11-5-13-39-31-17-23(33)15-29-25(31)19-27(35-29)21-7-9-22(10-8-21)28-20-26-30(36-28)16-24(34)18-32(26)40-14-6-12-38(3)4/h7-10,15-18H,5-6,11-14,19-20H2,1-4H3. The third-order valence-corrected chi connectivity index (χ3v) is 7.07. The van der Waals surface area contributed by atoms with Crippen LogP contribution in [0.15, 0.2) is 58.5 Å². The number of rotatable bonds is 12. The smallest absolute Gasteiger partial charge is 0.129 e. The van der Waals surface area contributed by atoms with Crippen LogP contribution in [0.5, 0.6) is 11.5 Å². The summed E-state index contributed by atoms with van der Waals surface area (Å²) in [5.74, 6) is 0.430. The van der Waals surface area contributed by atoms with Gasteiger partial charge >= 0.3 is 0 Å². The number of aliphatic imine (C=N–C) groups is 2. The first-order valence-corrected chi connectivity index (χ1v) is 13.7. The van der Waals surface area contributed by atoms with Gasteiger partial charge in [0, 0.05) is 61.3 Å². The molecule has 3 aromatic rings. The molecule has 0 amide bonds. The van der Waals surface area contributed by atoms with Gasteiger partial charge in [0.15, 0.2) is 0 Å². The summed E-state index contributed by atoms with van der Waals surface area (Å²) in [5.41, 5.74) is 6.75. The summed E-state index contributed by atoms with van der Waals surface area (Å²) in [4.78, 5) is 13.6. The van der Waals surface area contributed by atoms with Gasteiger partial charge in [-0.05, 0) is 52.2 Å². The second-order valence-electron chi connectivity index (χ2n) is 10.9. The molecule has 0 spiro atoms. The van der Waals surface area contributed by atoms with Crippen molar-refractivity contribution >= 4 is 22.8 Å². The molecule has 0 radical (unpaired) electrons. The lowest BCUT2D eigenvalue weighted by atomic mass is 9.99. The highest BCUT2D eigenvalue weighted by Crippen LogP contribution is 2.38. The molecule has 0 N–H and O–H groups in total. The van der Waals surface area contributed by atoms with E-state index >= 15 is 0 Å². The average Bonchev–Trinajstić information content (AvgIpc) is 3.53. The van der Waals surface area contributed by atoms with E-state index in [1.165, 1.54) is 24.3 Å². The highest BCUT2D eigenvalue weighted by atomic mass is 19.1. The molecule has 0 aromatic heterocycles. The van der Waals surface area contributed by atoms with Crippen molar-refractivity contribution < 1.29 is 18.3 Å². The van der Waals surface area contributed by atoms with E-state index in [4.69, 9.17) is 19.5 Å². The van der Waals surface area contributed by atoms with Crippen molar-refractivity contribution in [2.45, 2.75) is 25.7 Å². The van der Waals surface area contributed by atoms with E-state index in [2.05, 4.69) is 9.80 Å². The fourth-order valence-electron chi connectivity index (χ4n) is 5.03. The summed E-state index contributed by atoms with van der Waals surface area (Å²) in [6.07, 6.45) is 2.88. The van der Waals surface area contributed by atoms with Gasteiger partial charge in [-0.1, -0.05) is 24.3 Å². The van der Waals surface area contributed by atoms with Crippen LogP contribution in [0.25, 0.3) is 0 Å². The minimum absolute atomic E-state index is 0.349. The second kappa shape index (κ2) is 12.3. The first-order chi connectivity index (χ1) is 19.3. The third kappa shape index (κ3) is 6.57. The van der Waals surface area contributed by atoms with Crippen molar-refractivity contribution in [1.29, 1.82) is 0 Å². The van der Waals surface area contributed by atoms with E-state index in [0.717, 1.165) is 59.6 Å². The molecule has 5 rings (SSSR count). The van der Waals surface area contributed by atoms with Crippen LogP contribution in [0.1, 0.15) is 35.1 Å². The van der Waals surface area contributed by atoms with Gasteiger partial charge < -0.3 is 19.3 Å². The lowest BCUT2D eigenvalue weighted by molar-refractivity contribution is 0.279. The molecule has 2 aliphatic rings. The molecule has 210 valence electrons. The Balaban J connectivity index is 1.26. The van der Waals surface area contributed by atoms with Crippen LogP contribution in [0.4, 0.5) is 20.2 Å². The maximum atomic E-state index is 14.3. The second-order valence-corrected chi connectivity index (χ2v) is 10.9. The normalized spacial score (nSPS) is 13.9. The summed E-state index contributed by atoms with van der Waals surface area (Å²) >= 11 is 0. The van der Waals surface area contributed by atoms with Crippen molar-refractivity contribution in [2.24, 2.45) is 9.98 Å². The van der Waals surface area contributed by atoms with Crippen LogP contribution in [-0.4, -0.2) is 75.7 Å². The number of hydrogen-bond donors (Lipinski definition) is 0. The predicted octanol–water partition coefficient (Wildman–Crippen LogP) is 5.98. The van der Waals surface area contributed by atoms with Gasteiger partial charge in [-0.25, -0.2) is 8.78 Å². The zero-order valence-corrected chi connectivity index (χ0v) is 23.6. The van der Waals surface area contributed by atoms with Crippen LogP contribution < -0.4 is 9.47 Å². The molecular formula is C32H36F2N4O2. The van der Waals surface area contributed by atoms with Crippen LogP contribution in [-0.2, 0) is 12.8 Å². The summed E-state index contributed by atoms with van der Waals surface area (Å²) in [7, 11) is 8.07. The first-order valence-electron chi connectivity index (χ1n) is 13.7. The van der Waals surface area contributed by atoms with Crippen LogP contribution >= 0.6 is 0 Å². The lowest BCUT2D eigenvalue weighted by Crippen LogP contribution is -2.15. The molecule has 0 bridgehead atoms. The highest BCUT2D eigenvalue weighted by molar-refractivity contribution is 6.09. The molecule has 0 aliphatic carbocycles. The molecule has 0 fully saturated rings. The van der Waals surface area contributed by atoms with E-state index in [9.17, 15) is 8.78 Å². The molecule has 0 unspecified atom stereocenters. The van der Waals surface area contributed by atoms with Gasteiger partial charge in [0.2, 0.25) is 0 Å². The van der Waals surface area contributed by atoms with Crippen molar-refractivity contribution in [3.63, 3.8) is 0 Å². The molecule has 0 atom stereocenters. The Morgan fingerprint density at radius 2 is 1.05 bits per heavy atom. The zero-order chi connectivity index (χ0) is 28.2. The maximum absolute atomic E-state index is 14.3. The molecule has 40 heavy (non-hydrogen) atoms. The van der Waals surface area contributed by atoms with Crippen molar-refractivity contribution in [3.05, 3.63) is 82.4 Å². The van der Waals surface area contributed by atoms with Crippen LogP contribution in [0, 0.1) is 11.6 Å². The number of nitrogens with zero attached hydrogens (tertiary/aromatic N) is 4. The Kier molecular flexibility index (Phi) is 8.57. The number of benzene rings is 3. The Labute approximate surface area is 235 Å². The summed E-state index contributed by atoms with van der Waals surface area (Å²) in [6, 6.07) is 13.9. The highest BCUT2D eigenvalue weighted by Gasteiger charge is 2.24. The van der Waals surface area contributed by atoms with E-state index in [1.807, 2.05) is 52.5 Å². The Morgan fingerprint density at radius 3 is 1.43 bits per heavy atom. The fourth-order valence-corrected chi connectivity index (χ4v) is 5.03. The Bertz CT molecular complexity index is 1320.